The Balaban J connectivity index is 1.51. The maximum absolute atomic E-state index is 14.5. The smallest absolute Gasteiger partial charge is 0.252 e. The molecule has 0 radical (unpaired) electrons. The molecule has 1 aliphatic carbocycles. The second-order valence-corrected chi connectivity index (χ2v) is 7.08. The van der Waals surface area contributed by atoms with Gasteiger partial charge in [0.25, 0.3) is 5.89 Å². The van der Waals surface area contributed by atoms with Crippen molar-refractivity contribution in [1.82, 2.24) is 10.1 Å². The molecular formula is C19H22F2N2O3. The number of halogens is 2. The van der Waals surface area contributed by atoms with Crippen LogP contribution >= 0.6 is 0 Å². The van der Waals surface area contributed by atoms with Gasteiger partial charge in [-0.25, -0.2) is 8.78 Å². The Bertz CT molecular complexity index is 753. The summed E-state index contributed by atoms with van der Waals surface area (Å²) in [6.45, 7) is 1.48. The van der Waals surface area contributed by atoms with Crippen molar-refractivity contribution in [2.24, 2.45) is 0 Å². The summed E-state index contributed by atoms with van der Waals surface area (Å²) >= 11 is 0. The molecule has 1 aliphatic heterocycles. The minimum absolute atomic E-state index is 0.131. The summed E-state index contributed by atoms with van der Waals surface area (Å²) in [5.41, 5.74) is -0.224. The Morgan fingerprint density at radius 2 is 2.04 bits per heavy atom. The summed E-state index contributed by atoms with van der Waals surface area (Å²) in [7, 11) is 0. The highest BCUT2D eigenvalue weighted by atomic mass is 19.1. The molecule has 0 bridgehead atoms. The van der Waals surface area contributed by atoms with Gasteiger partial charge in [0, 0.05) is 18.2 Å². The Labute approximate surface area is 150 Å². The molecule has 1 aromatic carbocycles. The maximum Gasteiger partial charge on any atom is 0.252 e. The van der Waals surface area contributed by atoms with Gasteiger partial charge in [-0.3, -0.25) is 0 Å². The Hall–Kier alpha value is -1.86. The van der Waals surface area contributed by atoms with Crippen molar-refractivity contribution in [2.75, 3.05) is 13.2 Å². The van der Waals surface area contributed by atoms with Crippen molar-refractivity contribution < 1.29 is 22.8 Å². The first-order valence-corrected chi connectivity index (χ1v) is 9.15. The van der Waals surface area contributed by atoms with Crippen LogP contribution < -0.4 is 0 Å². The molecule has 0 spiro atoms. The minimum atomic E-state index is -0.659. The average Bonchev–Trinajstić information content (AvgIpc) is 3.37. The molecule has 2 aromatic rings. The van der Waals surface area contributed by atoms with E-state index in [2.05, 4.69) is 10.1 Å². The van der Waals surface area contributed by atoms with Gasteiger partial charge in [-0.15, -0.1) is 0 Å². The number of aromatic nitrogens is 2. The molecule has 1 saturated carbocycles. The molecule has 1 unspecified atom stereocenters. The van der Waals surface area contributed by atoms with Crippen molar-refractivity contribution in [1.29, 1.82) is 0 Å². The van der Waals surface area contributed by atoms with E-state index in [1.165, 1.54) is 12.1 Å². The summed E-state index contributed by atoms with van der Waals surface area (Å²) in [5, 5.41) is 4.10. The van der Waals surface area contributed by atoms with Crippen LogP contribution in [0.25, 0.3) is 0 Å². The third kappa shape index (κ3) is 3.38. The highest BCUT2D eigenvalue weighted by Gasteiger charge is 2.43. The van der Waals surface area contributed by atoms with E-state index in [-0.39, 0.29) is 12.7 Å². The van der Waals surface area contributed by atoms with Crippen LogP contribution in [0.1, 0.15) is 55.8 Å². The Morgan fingerprint density at radius 3 is 2.77 bits per heavy atom. The molecule has 5 nitrogen and oxygen atoms in total. The number of ether oxygens (including phenoxy) is 2. The summed E-state index contributed by atoms with van der Waals surface area (Å²) in [5.74, 6) is -0.327. The zero-order chi connectivity index (χ0) is 18.0. The van der Waals surface area contributed by atoms with Gasteiger partial charge < -0.3 is 14.0 Å². The van der Waals surface area contributed by atoms with E-state index in [0.717, 1.165) is 38.4 Å². The van der Waals surface area contributed by atoms with Crippen LogP contribution in [0.3, 0.4) is 0 Å². The SMILES string of the molecule is Fc1ccc(C2(c3noc(COCC4CCCO4)n3)CCCC2)c(F)c1. The highest BCUT2D eigenvalue weighted by Crippen LogP contribution is 2.46. The molecule has 1 aromatic heterocycles. The molecular weight excluding hydrogens is 342 g/mol. The van der Waals surface area contributed by atoms with E-state index in [0.29, 0.717) is 36.7 Å². The molecule has 4 rings (SSSR count). The lowest BCUT2D eigenvalue weighted by Crippen LogP contribution is -2.27. The van der Waals surface area contributed by atoms with Crippen LogP contribution in [0.4, 0.5) is 8.78 Å². The summed E-state index contributed by atoms with van der Waals surface area (Å²) in [6.07, 6.45) is 5.50. The van der Waals surface area contributed by atoms with E-state index in [9.17, 15) is 8.78 Å². The standard InChI is InChI=1S/C19H22F2N2O3/c20-13-5-6-15(16(21)10-13)19(7-1-2-8-19)18-22-17(26-23-18)12-24-11-14-4-3-9-25-14/h5-6,10,14H,1-4,7-9,11-12H2. The first kappa shape index (κ1) is 17.5. The van der Waals surface area contributed by atoms with Gasteiger partial charge in [0.1, 0.15) is 18.2 Å². The Morgan fingerprint density at radius 1 is 1.19 bits per heavy atom. The summed E-state index contributed by atoms with van der Waals surface area (Å²) < 4.78 is 44.2. The topological polar surface area (TPSA) is 57.4 Å². The van der Waals surface area contributed by atoms with Crippen molar-refractivity contribution in [2.45, 2.75) is 56.7 Å². The van der Waals surface area contributed by atoms with Crippen LogP contribution in [0, 0.1) is 11.6 Å². The second kappa shape index (κ2) is 7.40. The molecule has 2 fully saturated rings. The van der Waals surface area contributed by atoms with Gasteiger partial charge in [-0.1, -0.05) is 24.1 Å². The van der Waals surface area contributed by atoms with Gasteiger partial charge >= 0.3 is 0 Å². The fraction of sp³-hybridized carbons (Fsp3) is 0.579. The molecule has 1 atom stereocenters. The molecule has 2 heterocycles. The second-order valence-electron chi connectivity index (χ2n) is 7.08. The zero-order valence-corrected chi connectivity index (χ0v) is 14.5. The zero-order valence-electron chi connectivity index (χ0n) is 14.5. The van der Waals surface area contributed by atoms with Crippen molar-refractivity contribution >= 4 is 0 Å². The Kier molecular flexibility index (Phi) is 5.00. The van der Waals surface area contributed by atoms with Gasteiger partial charge in [0.2, 0.25) is 0 Å². The maximum atomic E-state index is 14.5. The van der Waals surface area contributed by atoms with Crippen LogP contribution in [-0.2, 0) is 21.5 Å². The number of hydrogen-bond acceptors (Lipinski definition) is 5. The van der Waals surface area contributed by atoms with E-state index in [1.807, 2.05) is 0 Å². The largest absolute Gasteiger partial charge is 0.376 e. The molecule has 140 valence electrons. The molecule has 0 N–H and O–H groups in total. The van der Waals surface area contributed by atoms with E-state index < -0.39 is 17.0 Å². The van der Waals surface area contributed by atoms with Gasteiger partial charge in [-0.05, 0) is 31.7 Å². The molecule has 7 heteroatoms. The normalized spacial score (nSPS) is 22.2. The lowest BCUT2D eigenvalue weighted by molar-refractivity contribution is 0.00325. The predicted molar refractivity (Wildman–Crippen MR) is 88.5 cm³/mol. The van der Waals surface area contributed by atoms with Gasteiger partial charge in [0.15, 0.2) is 5.82 Å². The third-order valence-electron chi connectivity index (χ3n) is 5.35. The first-order chi connectivity index (χ1) is 12.7. The van der Waals surface area contributed by atoms with Crippen LogP contribution in [0.15, 0.2) is 22.7 Å². The highest BCUT2D eigenvalue weighted by molar-refractivity contribution is 5.35. The molecule has 26 heavy (non-hydrogen) atoms. The van der Waals surface area contributed by atoms with E-state index in [4.69, 9.17) is 14.0 Å². The summed E-state index contributed by atoms with van der Waals surface area (Å²) in [4.78, 5) is 4.46. The molecule has 2 aliphatic rings. The lowest BCUT2D eigenvalue weighted by Gasteiger charge is -2.26. The minimum Gasteiger partial charge on any atom is -0.376 e. The number of hydrogen-bond donors (Lipinski definition) is 0. The monoisotopic (exact) mass is 364 g/mol. The van der Waals surface area contributed by atoms with E-state index in [1.54, 1.807) is 0 Å². The quantitative estimate of drug-likeness (QED) is 0.778. The van der Waals surface area contributed by atoms with E-state index >= 15 is 0 Å². The first-order valence-electron chi connectivity index (χ1n) is 9.15. The number of rotatable bonds is 6. The fourth-order valence-corrected chi connectivity index (χ4v) is 4.03. The van der Waals surface area contributed by atoms with Crippen molar-refractivity contribution in [3.63, 3.8) is 0 Å². The van der Waals surface area contributed by atoms with Crippen molar-refractivity contribution in [3.05, 3.63) is 47.1 Å². The predicted octanol–water partition coefficient (Wildman–Crippen LogP) is 3.90. The van der Waals surface area contributed by atoms with Crippen LogP contribution in [0.2, 0.25) is 0 Å². The number of benzene rings is 1. The van der Waals surface area contributed by atoms with Crippen LogP contribution in [0.5, 0.6) is 0 Å². The third-order valence-corrected chi connectivity index (χ3v) is 5.35. The fourth-order valence-electron chi connectivity index (χ4n) is 4.03. The molecule has 1 saturated heterocycles. The lowest BCUT2D eigenvalue weighted by atomic mass is 9.78. The van der Waals surface area contributed by atoms with Gasteiger partial charge in [0.05, 0.1) is 18.1 Å². The van der Waals surface area contributed by atoms with Crippen molar-refractivity contribution in [3.8, 4) is 0 Å². The number of nitrogens with zero attached hydrogens (tertiary/aromatic N) is 2. The molecule has 0 amide bonds. The van der Waals surface area contributed by atoms with Crippen LogP contribution in [-0.4, -0.2) is 29.5 Å². The summed E-state index contributed by atoms with van der Waals surface area (Å²) in [6, 6.07) is 3.70. The average molecular weight is 364 g/mol. The van der Waals surface area contributed by atoms with Gasteiger partial charge in [-0.2, -0.15) is 4.98 Å².